The Morgan fingerprint density at radius 1 is 1.43 bits per heavy atom. The summed E-state index contributed by atoms with van der Waals surface area (Å²) in [5.41, 5.74) is 2.66. The van der Waals surface area contributed by atoms with E-state index in [-0.39, 0.29) is 17.9 Å². The molecule has 1 unspecified atom stereocenters. The smallest absolute Gasteiger partial charge is 0.328 e. The fraction of sp³-hybridized carbons (Fsp3) is 0.500. The van der Waals surface area contributed by atoms with Gasteiger partial charge >= 0.3 is 5.69 Å². The minimum atomic E-state index is -0.351. The van der Waals surface area contributed by atoms with Crippen molar-refractivity contribution in [2.75, 3.05) is 6.61 Å². The highest BCUT2D eigenvalue weighted by atomic mass is 16.3. The Morgan fingerprint density at radius 2 is 2.24 bits per heavy atom. The highest BCUT2D eigenvalue weighted by Gasteiger charge is 2.34. The molecule has 2 N–H and O–H groups in total. The lowest BCUT2D eigenvalue weighted by molar-refractivity contribution is 0.235. The zero-order valence-electron chi connectivity index (χ0n) is 12.1. The predicted octanol–water partition coefficient (Wildman–Crippen LogP) is 1.12. The van der Waals surface area contributed by atoms with E-state index in [1.807, 2.05) is 0 Å². The molecule has 1 heterocycles. The van der Waals surface area contributed by atoms with Crippen LogP contribution >= 0.6 is 0 Å². The van der Waals surface area contributed by atoms with E-state index >= 15 is 0 Å². The van der Waals surface area contributed by atoms with Crippen molar-refractivity contribution in [2.45, 2.75) is 32.7 Å². The van der Waals surface area contributed by atoms with Gasteiger partial charge in [0.05, 0.1) is 0 Å². The number of nitrogens with one attached hydrogen (secondary N) is 1. The molecule has 5 nitrogen and oxygen atoms in total. The number of aliphatic hydroxyl groups excluding tert-OH is 1. The van der Waals surface area contributed by atoms with Gasteiger partial charge < -0.3 is 9.67 Å². The van der Waals surface area contributed by atoms with Gasteiger partial charge in [0.25, 0.3) is 5.56 Å². The van der Waals surface area contributed by atoms with Gasteiger partial charge in [-0.3, -0.25) is 9.78 Å². The third-order valence-corrected chi connectivity index (χ3v) is 4.61. The Morgan fingerprint density at radius 3 is 3.00 bits per heavy atom. The van der Waals surface area contributed by atoms with Crippen LogP contribution in [0.1, 0.15) is 24.8 Å². The van der Waals surface area contributed by atoms with E-state index in [0.29, 0.717) is 23.9 Å². The summed E-state index contributed by atoms with van der Waals surface area (Å²) >= 11 is 0. The summed E-state index contributed by atoms with van der Waals surface area (Å²) < 4.78 is 1.59. The van der Waals surface area contributed by atoms with Gasteiger partial charge in [-0.05, 0) is 43.6 Å². The van der Waals surface area contributed by atoms with Crippen LogP contribution in [0.25, 0.3) is 0 Å². The quantitative estimate of drug-likeness (QED) is 0.872. The molecule has 0 saturated carbocycles. The number of aryl methyl sites for hydroxylation is 1. The van der Waals surface area contributed by atoms with Crippen LogP contribution in [0.5, 0.6) is 0 Å². The summed E-state index contributed by atoms with van der Waals surface area (Å²) in [6, 6.07) is 0. The van der Waals surface area contributed by atoms with E-state index in [9.17, 15) is 14.7 Å². The van der Waals surface area contributed by atoms with Gasteiger partial charge in [-0.15, -0.1) is 0 Å². The molecule has 21 heavy (non-hydrogen) atoms. The van der Waals surface area contributed by atoms with Crippen LogP contribution < -0.4 is 11.2 Å². The molecule has 1 aromatic rings. The number of hydrogen-bond acceptors (Lipinski definition) is 3. The Kier molecular flexibility index (Phi) is 3.68. The lowest BCUT2D eigenvalue weighted by atomic mass is 9.88. The molecule has 5 heteroatoms. The van der Waals surface area contributed by atoms with Crippen molar-refractivity contribution in [3.63, 3.8) is 0 Å². The van der Waals surface area contributed by atoms with Gasteiger partial charge in [0.1, 0.15) is 0 Å². The van der Waals surface area contributed by atoms with Crippen molar-refractivity contribution in [3.8, 4) is 0 Å². The highest BCUT2D eigenvalue weighted by Crippen LogP contribution is 2.44. The van der Waals surface area contributed by atoms with Crippen molar-refractivity contribution in [1.29, 1.82) is 0 Å². The first kappa shape index (κ1) is 14.1. The van der Waals surface area contributed by atoms with Crippen molar-refractivity contribution in [3.05, 3.63) is 55.9 Å². The molecule has 0 spiro atoms. The molecule has 2 atom stereocenters. The zero-order valence-corrected chi connectivity index (χ0v) is 12.1. The largest absolute Gasteiger partial charge is 0.396 e. The van der Waals surface area contributed by atoms with Crippen molar-refractivity contribution < 1.29 is 5.11 Å². The fourth-order valence-corrected chi connectivity index (χ4v) is 3.59. The summed E-state index contributed by atoms with van der Waals surface area (Å²) in [5.74, 6) is 0.623. The molecule has 0 fully saturated rings. The van der Waals surface area contributed by atoms with Crippen LogP contribution in [0.3, 0.4) is 0 Å². The van der Waals surface area contributed by atoms with Crippen LogP contribution in [-0.2, 0) is 6.54 Å². The molecule has 1 aromatic heterocycles. The minimum absolute atomic E-state index is 0.158. The van der Waals surface area contributed by atoms with Gasteiger partial charge in [0.2, 0.25) is 0 Å². The molecule has 0 bridgehead atoms. The van der Waals surface area contributed by atoms with E-state index in [1.54, 1.807) is 17.7 Å². The molecule has 0 aliphatic heterocycles. The average Bonchev–Trinajstić information content (AvgIpc) is 3.00. The zero-order chi connectivity index (χ0) is 15.0. The van der Waals surface area contributed by atoms with E-state index < -0.39 is 0 Å². The third kappa shape index (κ3) is 2.53. The maximum atomic E-state index is 11.9. The van der Waals surface area contributed by atoms with Gasteiger partial charge in [-0.25, -0.2) is 4.79 Å². The van der Waals surface area contributed by atoms with Crippen LogP contribution in [0.2, 0.25) is 0 Å². The molecule has 0 saturated heterocycles. The van der Waals surface area contributed by atoms with E-state index in [0.717, 1.165) is 19.3 Å². The molecule has 0 aromatic carbocycles. The predicted molar refractivity (Wildman–Crippen MR) is 80.1 cm³/mol. The first-order valence-corrected chi connectivity index (χ1v) is 7.40. The number of H-pyrrole nitrogens is 1. The summed E-state index contributed by atoms with van der Waals surface area (Å²) in [6.07, 6.45) is 8.66. The third-order valence-electron chi connectivity index (χ3n) is 4.61. The van der Waals surface area contributed by atoms with Gasteiger partial charge in [-0.2, -0.15) is 0 Å². The minimum Gasteiger partial charge on any atom is -0.396 e. The second kappa shape index (κ2) is 5.48. The fourth-order valence-electron chi connectivity index (χ4n) is 3.59. The summed E-state index contributed by atoms with van der Waals surface area (Å²) in [6.45, 7) is 2.45. The molecule has 0 amide bonds. The molecule has 2 aliphatic carbocycles. The SMILES string of the molecule is Cc1cn(CC2CC3=C(C=CC3)[C@@H]2CCO)c(=O)[nH]c1=O. The summed E-state index contributed by atoms with van der Waals surface area (Å²) in [5, 5.41) is 9.30. The Labute approximate surface area is 122 Å². The lowest BCUT2D eigenvalue weighted by Crippen LogP contribution is -2.33. The van der Waals surface area contributed by atoms with Crippen LogP contribution in [0, 0.1) is 18.8 Å². The number of rotatable bonds is 4. The molecule has 112 valence electrons. The molecule has 0 radical (unpaired) electrons. The standard InChI is InChI=1S/C16H20N2O3/c1-10-8-18(16(21)17-15(10)20)9-12-7-11-3-2-4-13(11)14(12)5-6-19/h2,4,8,12,14,19H,3,5-7,9H2,1H3,(H,17,20,21)/t12?,14-/m1/s1. The second-order valence-electron chi connectivity index (χ2n) is 5.97. The van der Waals surface area contributed by atoms with Crippen molar-refractivity contribution in [2.24, 2.45) is 11.8 Å². The Bertz CT molecular complexity index is 724. The number of allylic oxidation sites excluding steroid dienone is 4. The summed E-state index contributed by atoms with van der Waals surface area (Å²) in [4.78, 5) is 25.7. The second-order valence-corrected chi connectivity index (χ2v) is 5.97. The number of aromatic nitrogens is 2. The van der Waals surface area contributed by atoms with Crippen molar-refractivity contribution in [1.82, 2.24) is 9.55 Å². The van der Waals surface area contributed by atoms with Crippen molar-refractivity contribution >= 4 is 0 Å². The van der Waals surface area contributed by atoms with Gasteiger partial charge in [0.15, 0.2) is 0 Å². The number of aromatic amines is 1. The topological polar surface area (TPSA) is 75.1 Å². The average molecular weight is 288 g/mol. The summed E-state index contributed by atoms with van der Waals surface area (Å²) in [7, 11) is 0. The number of aliphatic hydroxyl groups is 1. The van der Waals surface area contributed by atoms with Crippen LogP contribution in [-0.4, -0.2) is 21.3 Å². The van der Waals surface area contributed by atoms with Crippen LogP contribution in [0.15, 0.2) is 39.1 Å². The molecular weight excluding hydrogens is 268 g/mol. The maximum Gasteiger partial charge on any atom is 0.328 e. The van der Waals surface area contributed by atoms with Gasteiger partial charge in [0, 0.05) is 24.9 Å². The number of hydrogen-bond donors (Lipinski definition) is 2. The normalized spacial score (nSPS) is 23.9. The molecular formula is C16H20N2O3. The lowest BCUT2D eigenvalue weighted by Gasteiger charge is -2.22. The van der Waals surface area contributed by atoms with E-state index in [1.165, 1.54) is 11.1 Å². The highest BCUT2D eigenvalue weighted by molar-refractivity contribution is 5.40. The van der Waals surface area contributed by atoms with Gasteiger partial charge in [-0.1, -0.05) is 17.7 Å². The molecule has 2 aliphatic rings. The van der Waals surface area contributed by atoms with E-state index in [2.05, 4.69) is 17.1 Å². The van der Waals surface area contributed by atoms with E-state index in [4.69, 9.17) is 0 Å². The first-order valence-electron chi connectivity index (χ1n) is 7.40. The molecule has 3 rings (SSSR count). The van der Waals surface area contributed by atoms with Crippen LogP contribution in [0.4, 0.5) is 0 Å². The monoisotopic (exact) mass is 288 g/mol. The maximum absolute atomic E-state index is 11.9. The number of nitrogens with zero attached hydrogens (tertiary/aromatic N) is 1. The first-order chi connectivity index (χ1) is 10.1. The Hall–Kier alpha value is -1.88. The Balaban J connectivity index is 1.85.